The van der Waals surface area contributed by atoms with Crippen molar-refractivity contribution in [3.8, 4) is 34.2 Å². The van der Waals surface area contributed by atoms with E-state index >= 15 is 0 Å². The zero-order valence-electron chi connectivity index (χ0n) is 71.7. The van der Waals surface area contributed by atoms with E-state index in [2.05, 4.69) is 40.3 Å². The molecular formula is C95H92F6N12O10S4. The Morgan fingerprint density at radius 1 is 0.425 bits per heavy atom. The minimum atomic E-state index is -4.71. The Hall–Kier alpha value is -12.8. The van der Waals surface area contributed by atoms with Gasteiger partial charge in [0.15, 0.2) is 45.0 Å². The second-order valence-corrected chi connectivity index (χ2v) is 40.9. The number of rotatable bonds is 21. The Morgan fingerprint density at radius 2 is 0.874 bits per heavy atom. The summed E-state index contributed by atoms with van der Waals surface area (Å²) in [7, 11) is -13.5. The molecule has 16 aromatic rings. The third kappa shape index (κ3) is 21.2. The topological polar surface area (TPSA) is 278 Å². The number of ether oxygens (including phenoxy) is 2. The first-order valence-electron chi connectivity index (χ1n) is 40.2. The molecule has 0 aliphatic rings. The maximum absolute atomic E-state index is 14.7. The van der Waals surface area contributed by atoms with Crippen LogP contribution in [0, 0.1) is 19.7 Å². The third-order valence-electron chi connectivity index (χ3n) is 20.7. The van der Waals surface area contributed by atoms with E-state index in [1.807, 2.05) is 119 Å². The third-order valence-corrected chi connectivity index (χ3v) is 27.3. The molecule has 22 nitrogen and oxygen atoms in total. The maximum Gasteiger partial charge on any atom is 0.435 e. The molecule has 0 atom stereocenters. The molecule has 0 aliphatic heterocycles. The molecule has 0 N–H and O–H groups in total. The molecule has 8 aromatic heterocycles. The zero-order valence-corrected chi connectivity index (χ0v) is 74.9. The molecule has 658 valence electrons. The van der Waals surface area contributed by atoms with Crippen LogP contribution in [-0.2, 0) is 79.4 Å². The second kappa shape index (κ2) is 37.0. The first-order valence-corrected chi connectivity index (χ1v) is 46.8. The van der Waals surface area contributed by atoms with Gasteiger partial charge in [-0.15, -0.1) is 0 Å². The van der Waals surface area contributed by atoms with Gasteiger partial charge in [-0.3, -0.25) is 19.9 Å². The van der Waals surface area contributed by atoms with Gasteiger partial charge in [0.05, 0.1) is 118 Å². The summed E-state index contributed by atoms with van der Waals surface area (Å²) in [5, 5.41) is 21.6. The molecule has 0 spiro atoms. The smallest absolute Gasteiger partial charge is 0.435 e. The van der Waals surface area contributed by atoms with Crippen LogP contribution in [0.1, 0.15) is 144 Å². The van der Waals surface area contributed by atoms with E-state index < -0.39 is 86.1 Å². The number of benzene rings is 8. The lowest BCUT2D eigenvalue weighted by Gasteiger charge is -2.20. The zero-order chi connectivity index (χ0) is 91.5. The van der Waals surface area contributed by atoms with Gasteiger partial charge in [-0.05, 0) is 219 Å². The number of pyridine rings is 4. The van der Waals surface area contributed by atoms with E-state index in [0.717, 1.165) is 61.5 Å². The van der Waals surface area contributed by atoms with Gasteiger partial charge < -0.3 is 9.47 Å². The number of hydrogen-bond acceptors (Lipinski definition) is 18. The molecule has 8 heterocycles. The van der Waals surface area contributed by atoms with Crippen LogP contribution in [0.3, 0.4) is 0 Å². The summed E-state index contributed by atoms with van der Waals surface area (Å²) in [5.74, 6) is -0.605. The first-order chi connectivity index (χ1) is 60.0. The summed E-state index contributed by atoms with van der Waals surface area (Å²) < 4.78 is 204. The van der Waals surface area contributed by atoms with Crippen LogP contribution in [0.25, 0.3) is 66.1 Å². The monoisotopic (exact) mass is 1800 g/mol. The Balaban J connectivity index is 0.000000145. The van der Waals surface area contributed by atoms with Gasteiger partial charge in [0.1, 0.15) is 28.5 Å². The van der Waals surface area contributed by atoms with E-state index in [1.54, 1.807) is 194 Å². The van der Waals surface area contributed by atoms with Crippen molar-refractivity contribution in [3.05, 3.63) is 324 Å². The van der Waals surface area contributed by atoms with Crippen molar-refractivity contribution in [2.75, 3.05) is 7.11 Å². The SMILES string of the molecule is CC(C)(C)c1ccc(S(=O)(=O)Cc2cc(C(F)F)nn2-c2cccc3ncccc23)cc1.CC(C)c1ccc(S(=O)(=O)Cc2cc(C(F)(F)F)nn2-c2cccc3cnccc23)cc1.COc1ccc(-n2nc(C)cc2CS(=O)(=O)c2ccc(C(C)(C)C)c(F)c2)c2cccnc12.Cc1cc(CS(=O)(=O)c2ccc(OC(C)C)cc2)n(-c2cccc3cnccc23)n1. The van der Waals surface area contributed by atoms with Gasteiger partial charge >= 0.3 is 6.18 Å². The number of aromatic nitrogens is 12. The number of nitrogens with zero attached hydrogens (tertiary/aromatic N) is 12. The predicted octanol–water partition coefficient (Wildman–Crippen LogP) is 20.8. The van der Waals surface area contributed by atoms with Crippen LogP contribution in [0.2, 0.25) is 0 Å². The van der Waals surface area contributed by atoms with E-state index in [-0.39, 0.29) is 59.9 Å². The number of halogens is 6. The van der Waals surface area contributed by atoms with Crippen molar-refractivity contribution in [2.24, 2.45) is 0 Å². The van der Waals surface area contributed by atoms with E-state index in [4.69, 9.17) is 9.47 Å². The van der Waals surface area contributed by atoms with Crippen molar-refractivity contribution < 1.29 is 69.5 Å². The molecule has 0 fully saturated rings. The molecule has 32 heteroatoms. The number of methoxy groups -OCH3 is 1. The fourth-order valence-corrected chi connectivity index (χ4v) is 19.7. The standard InChI is InChI=1S/C25H26FN3O3S.C24H23F2N3O2S.C23H20F3N3O2S.C23H23N3O3S/c1-16-13-17(15-33(30,31)18-8-9-20(21(26)14-18)25(2,3)4)29(28-16)22-10-11-23(32-5)24-19(22)7-6-12-27-24;1-24(2,3)16-9-11-18(12-10-16)32(30,31)15-17-14-21(23(25)26)28-29(17)22-8-4-7-20-19(22)6-5-13-27-20;1-15(2)16-6-8-19(9-7-16)32(30,31)14-18-12-22(23(24,25)26)28-29(18)21-5-3-4-17-13-27-11-10-20(17)21;1-16(2)29-20-7-9-21(10-8-20)30(27,28)15-19-13-17(3)25-26(19)23-6-4-5-18-14-24-12-11-22(18)23/h6-14H,15H2,1-5H3;4-14,23H,15H2,1-3H3;3-13,15H,14H2,1-2H3;4-14,16H,15H2,1-3H3. The van der Waals surface area contributed by atoms with Crippen LogP contribution < -0.4 is 9.47 Å². The molecule has 0 aliphatic carbocycles. The Kier molecular flexibility index (Phi) is 26.8. The molecule has 8 aromatic carbocycles. The lowest BCUT2D eigenvalue weighted by Crippen LogP contribution is -2.15. The molecule has 0 saturated carbocycles. The first kappa shape index (κ1) is 91.9. The van der Waals surface area contributed by atoms with Gasteiger partial charge in [0, 0.05) is 69.5 Å². The average molecular weight is 1800 g/mol. The molecular weight excluding hydrogens is 1710 g/mol. The highest BCUT2D eigenvalue weighted by Gasteiger charge is 2.37. The molecule has 0 radical (unpaired) electrons. The highest BCUT2D eigenvalue weighted by molar-refractivity contribution is 7.91. The fourth-order valence-electron chi connectivity index (χ4n) is 14.4. The summed E-state index contributed by atoms with van der Waals surface area (Å²) in [6, 6.07) is 59.7. The predicted molar refractivity (Wildman–Crippen MR) is 478 cm³/mol. The molecule has 0 saturated heterocycles. The van der Waals surface area contributed by atoms with Crippen molar-refractivity contribution >= 4 is 82.7 Å². The lowest BCUT2D eigenvalue weighted by molar-refractivity contribution is -0.141. The number of fused-ring (bicyclic) bond motifs is 4. The number of alkyl halides is 5. The minimum absolute atomic E-state index is 0.0284. The Morgan fingerprint density at radius 3 is 1.36 bits per heavy atom. The summed E-state index contributed by atoms with van der Waals surface area (Å²) in [5.41, 5.74) is 6.55. The summed E-state index contributed by atoms with van der Waals surface area (Å²) in [6.07, 6.45) is 2.40. The number of hydrogen-bond donors (Lipinski definition) is 0. The van der Waals surface area contributed by atoms with Gasteiger partial charge in [-0.2, -0.15) is 33.6 Å². The van der Waals surface area contributed by atoms with Crippen molar-refractivity contribution in [2.45, 2.75) is 161 Å². The second-order valence-electron chi connectivity index (χ2n) is 32.9. The molecule has 16 rings (SSSR count). The largest absolute Gasteiger partial charge is 0.494 e. The number of sulfone groups is 4. The molecule has 0 unspecified atom stereocenters. The van der Waals surface area contributed by atoms with Gasteiger partial charge in [0.25, 0.3) is 6.43 Å². The summed E-state index contributed by atoms with van der Waals surface area (Å²) >= 11 is 0. The average Bonchev–Trinajstić information content (AvgIpc) is 1.68. The highest BCUT2D eigenvalue weighted by Crippen LogP contribution is 2.38. The fraction of sp³-hybridized carbons (Fsp3) is 0.242. The molecule has 0 amide bonds. The van der Waals surface area contributed by atoms with Gasteiger partial charge in [-0.25, -0.2) is 65.6 Å². The number of aryl methyl sites for hydroxylation is 2. The van der Waals surface area contributed by atoms with Gasteiger partial charge in [0.2, 0.25) is 0 Å². The van der Waals surface area contributed by atoms with Crippen LogP contribution in [0.5, 0.6) is 11.5 Å². The van der Waals surface area contributed by atoms with Crippen LogP contribution in [0.4, 0.5) is 26.3 Å². The van der Waals surface area contributed by atoms with Crippen molar-refractivity contribution in [1.82, 2.24) is 59.1 Å². The Bertz CT molecular complexity index is 7200. The van der Waals surface area contributed by atoms with Crippen LogP contribution in [0.15, 0.2) is 275 Å². The maximum atomic E-state index is 14.7. The van der Waals surface area contributed by atoms with Gasteiger partial charge in [-0.1, -0.05) is 116 Å². The van der Waals surface area contributed by atoms with Crippen LogP contribution in [-0.4, -0.2) is 106 Å². The van der Waals surface area contributed by atoms with Crippen molar-refractivity contribution in [3.63, 3.8) is 0 Å². The Labute approximate surface area is 732 Å². The van der Waals surface area contributed by atoms with Crippen molar-refractivity contribution in [1.29, 1.82) is 0 Å². The molecule has 127 heavy (non-hydrogen) atoms. The normalized spacial score (nSPS) is 12.3. The van der Waals surface area contributed by atoms with E-state index in [0.29, 0.717) is 78.4 Å². The molecule has 0 bridgehead atoms. The summed E-state index contributed by atoms with van der Waals surface area (Å²) in [4.78, 5) is 17.3. The highest BCUT2D eigenvalue weighted by atomic mass is 32.2. The minimum Gasteiger partial charge on any atom is -0.494 e. The quantitative estimate of drug-likeness (QED) is 0.0604. The van der Waals surface area contributed by atoms with Crippen LogP contribution >= 0.6 is 0 Å². The lowest BCUT2D eigenvalue weighted by atomic mass is 9.87. The summed E-state index contributed by atoms with van der Waals surface area (Å²) in [6.45, 7) is 23.3. The van der Waals surface area contributed by atoms with E-state index in [9.17, 15) is 60.0 Å². The van der Waals surface area contributed by atoms with E-state index in [1.165, 1.54) is 29.1 Å².